The lowest BCUT2D eigenvalue weighted by Gasteiger charge is -2.05. The molecule has 0 aliphatic heterocycles. The zero-order valence-corrected chi connectivity index (χ0v) is 10.5. The summed E-state index contributed by atoms with van der Waals surface area (Å²) in [7, 11) is 0. The largest absolute Gasteiger partial charge is 0.384 e. The fourth-order valence-corrected chi connectivity index (χ4v) is 2.13. The van der Waals surface area contributed by atoms with Gasteiger partial charge in [-0.1, -0.05) is 0 Å². The van der Waals surface area contributed by atoms with Crippen LogP contribution in [0, 0.1) is 10.1 Å². The number of hydrogen-bond acceptors (Lipinski definition) is 6. The summed E-state index contributed by atoms with van der Waals surface area (Å²) in [4.78, 5) is 25.7. The molecular formula is C11H10N4O3S. The molecule has 0 saturated heterocycles. The Morgan fingerprint density at radius 2 is 2.37 bits per heavy atom. The second kappa shape index (κ2) is 5.44. The molecule has 0 saturated carbocycles. The van der Waals surface area contributed by atoms with E-state index in [2.05, 4.69) is 10.3 Å². The third-order valence-electron chi connectivity index (χ3n) is 2.38. The van der Waals surface area contributed by atoms with Gasteiger partial charge in [-0.15, -0.1) is 0 Å². The van der Waals surface area contributed by atoms with Crippen LogP contribution in [-0.4, -0.2) is 15.8 Å². The number of aromatic nitrogens is 1. The molecule has 0 fully saturated rings. The highest BCUT2D eigenvalue weighted by molar-refractivity contribution is 7.07. The third-order valence-corrected chi connectivity index (χ3v) is 3.11. The van der Waals surface area contributed by atoms with Crippen LogP contribution in [0.4, 0.5) is 11.5 Å². The number of nitrogens with zero attached hydrogens (tertiary/aromatic N) is 2. The van der Waals surface area contributed by atoms with Gasteiger partial charge in [-0.05, 0) is 28.5 Å². The molecule has 1 amide bonds. The zero-order chi connectivity index (χ0) is 13.8. The number of carbonyl (C=O) groups is 1. The molecule has 8 heteroatoms. The Morgan fingerprint density at radius 3 is 3.00 bits per heavy atom. The van der Waals surface area contributed by atoms with Gasteiger partial charge in [-0.3, -0.25) is 14.9 Å². The predicted molar refractivity (Wildman–Crippen MR) is 70.8 cm³/mol. The van der Waals surface area contributed by atoms with Gasteiger partial charge in [-0.25, -0.2) is 4.98 Å². The van der Waals surface area contributed by atoms with Crippen LogP contribution in [-0.2, 0) is 6.54 Å². The number of hydrogen-bond donors (Lipinski definition) is 2. The van der Waals surface area contributed by atoms with Crippen molar-refractivity contribution >= 4 is 28.7 Å². The molecule has 0 atom stereocenters. The van der Waals surface area contributed by atoms with Crippen molar-refractivity contribution in [3.8, 4) is 0 Å². The number of rotatable bonds is 4. The van der Waals surface area contributed by atoms with Gasteiger partial charge < -0.3 is 11.1 Å². The summed E-state index contributed by atoms with van der Waals surface area (Å²) in [6.07, 6.45) is 0.981. The summed E-state index contributed by atoms with van der Waals surface area (Å²) >= 11 is 1.51. The van der Waals surface area contributed by atoms with Crippen LogP contribution in [0.1, 0.15) is 15.9 Å². The molecule has 0 bridgehead atoms. The van der Waals surface area contributed by atoms with Crippen molar-refractivity contribution in [1.29, 1.82) is 0 Å². The Bertz CT molecular complexity index is 612. The fourth-order valence-electron chi connectivity index (χ4n) is 1.46. The summed E-state index contributed by atoms with van der Waals surface area (Å²) in [6.45, 7) is 0.307. The van der Waals surface area contributed by atoms with Crippen LogP contribution < -0.4 is 11.1 Å². The van der Waals surface area contributed by atoms with Crippen molar-refractivity contribution in [2.45, 2.75) is 6.54 Å². The maximum Gasteiger partial charge on any atom is 0.300 e. The number of nitrogens with one attached hydrogen (secondary N) is 1. The highest BCUT2D eigenvalue weighted by atomic mass is 32.1. The Balaban J connectivity index is 2.18. The summed E-state index contributed by atoms with van der Waals surface area (Å²) < 4.78 is 0. The van der Waals surface area contributed by atoms with Crippen molar-refractivity contribution in [1.82, 2.24) is 10.3 Å². The molecule has 3 N–H and O–H groups in total. The van der Waals surface area contributed by atoms with E-state index >= 15 is 0 Å². The topological polar surface area (TPSA) is 111 Å². The van der Waals surface area contributed by atoms with Crippen LogP contribution in [0.5, 0.6) is 0 Å². The second-order valence-electron chi connectivity index (χ2n) is 3.70. The summed E-state index contributed by atoms with van der Waals surface area (Å²) in [5, 5.41) is 17.2. The van der Waals surface area contributed by atoms with E-state index < -0.39 is 10.8 Å². The lowest BCUT2D eigenvalue weighted by molar-refractivity contribution is -0.385. The van der Waals surface area contributed by atoms with Gasteiger partial charge in [-0.2, -0.15) is 11.3 Å². The summed E-state index contributed by atoms with van der Waals surface area (Å²) in [5.41, 5.74) is 5.92. The molecule has 0 spiro atoms. The number of nitrogen functional groups attached to an aromatic ring is 1. The minimum atomic E-state index is -0.661. The van der Waals surface area contributed by atoms with Gasteiger partial charge in [0, 0.05) is 6.54 Å². The average molecular weight is 278 g/mol. The van der Waals surface area contributed by atoms with Crippen molar-refractivity contribution < 1.29 is 9.72 Å². The lowest BCUT2D eigenvalue weighted by atomic mass is 10.2. The molecule has 2 heterocycles. The zero-order valence-electron chi connectivity index (χ0n) is 9.70. The average Bonchev–Trinajstić information content (AvgIpc) is 2.88. The number of thiophene rings is 1. The van der Waals surface area contributed by atoms with Gasteiger partial charge in [0.15, 0.2) is 0 Å². The van der Waals surface area contributed by atoms with E-state index in [1.165, 1.54) is 17.4 Å². The highest BCUT2D eigenvalue weighted by Gasteiger charge is 2.20. The van der Waals surface area contributed by atoms with Gasteiger partial charge in [0.25, 0.3) is 11.6 Å². The predicted octanol–water partition coefficient (Wildman–Crippen LogP) is 1.56. The van der Waals surface area contributed by atoms with E-state index in [-0.39, 0.29) is 17.1 Å². The van der Waals surface area contributed by atoms with E-state index in [4.69, 9.17) is 5.73 Å². The van der Waals surface area contributed by atoms with Gasteiger partial charge in [0.2, 0.25) is 0 Å². The molecule has 0 unspecified atom stereocenters. The number of amides is 1. The molecule has 2 rings (SSSR count). The van der Waals surface area contributed by atoms with E-state index in [0.29, 0.717) is 6.54 Å². The van der Waals surface area contributed by atoms with E-state index in [1.807, 2.05) is 16.8 Å². The first-order chi connectivity index (χ1) is 9.08. The first-order valence-electron chi connectivity index (χ1n) is 5.27. The molecule has 0 aromatic carbocycles. The monoisotopic (exact) mass is 278 g/mol. The first-order valence-corrected chi connectivity index (χ1v) is 6.21. The molecule has 0 radical (unpaired) electrons. The smallest absolute Gasteiger partial charge is 0.300 e. The Morgan fingerprint density at radius 1 is 1.58 bits per heavy atom. The number of pyridine rings is 1. The number of nitrogens with two attached hydrogens (primary N) is 1. The molecule has 98 valence electrons. The van der Waals surface area contributed by atoms with Crippen molar-refractivity contribution in [2.75, 3.05) is 5.73 Å². The van der Waals surface area contributed by atoms with Crippen LogP contribution in [0.25, 0.3) is 0 Å². The number of anilines is 1. The minimum Gasteiger partial charge on any atom is -0.384 e. The standard InChI is InChI=1S/C11H10N4O3S/c12-10-3-8(9(5-13-10)15(17)18)11(16)14-4-7-1-2-19-6-7/h1-3,5-6H,4H2,(H2,12,13)(H,14,16). The third kappa shape index (κ3) is 3.05. The van der Waals surface area contributed by atoms with Crippen LogP contribution in [0.15, 0.2) is 29.1 Å². The summed E-state index contributed by atoms with van der Waals surface area (Å²) in [6, 6.07) is 3.06. The van der Waals surface area contributed by atoms with Crippen molar-refractivity contribution in [2.24, 2.45) is 0 Å². The van der Waals surface area contributed by atoms with E-state index in [1.54, 1.807) is 0 Å². The molecule has 0 aliphatic carbocycles. The number of carbonyl (C=O) groups excluding carboxylic acids is 1. The van der Waals surface area contributed by atoms with Gasteiger partial charge in [0.05, 0.1) is 4.92 Å². The quantitative estimate of drug-likeness (QED) is 0.651. The molecule has 19 heavy (non-hydrogen) atoms. The maximum absolute atomic E-state index is 11.9. The molecule has 0 aliphatic rings. The number of nitro groups is 1. The summed E-state index contributed by atoms with van der Waals surface area (Å²) in [5.74, 6) is -0.488. The Labute approximate surface area is 112 Å². The Hall–Kier alpha value is -2.48. The van der Waals surface area contributed by atoms with Crippen LogP contribution >= 0.6 is 11.3 Å². The van der Waals surface area contributed by atoms with Crippen molar-refractivity contribution in [3.63, 3.8) is 0 Å². The normalized spacial score (nSPS) is 10.1. The molecule has 2 aromatic heterocycles. The molecule has 2 aromatic rings. The lowest BCUT2D eigenvalue weighted by Crippen LogP contribution is -2.23. The van der Waals surface area contributed by atoms with E-state index in [0.717, 1.165) is 11.8 Å². The highest BCUT2D eigenvalue weighted by Crippen LogP contribution is 2.19. The Kier molecular flexibility index (Phi) is 3.71. The first kappa shape index (κ1) is 13.0. The molecule has 7 nitrogen and oxygen atoms in total. The van der Waals surface area contributed by atoms with Crippen LogP contribution in [0.3, 0.4) is 0 Å². The second-order valence-corrected chi connectivity index (χ2v) is 4.48. The van der Waals surface area contributed by atoms with Gasteiger partial charge in [0.1, 0.15) is 17.6 Å². The van der Waals surface area contributed by atoms with Crippen molar-refractivity contribution in [3.05, 3.63) is 50.3 Å². The fraction of sp³-hybridized carbons (Fsp3) is 0.0909. The SMILES string of the molecule is Nc1cc(C(=O)NCc2ccsc2)c([N+](=O)[O-])cn1. The maximum atomic E-state index is 11.9. The van der Waals surface area contributed by atoms with E-state index in [9.17, 15) is 14.9 Å². The van der Waals surface area contributed by atoms with Gasteiger partial charge >= 0.3 is 0 Å². The minimum absolute atomic E-state index is 0.0614. The van der Waals surface area contributed by atoms with Crippen LogP contribution in [0.2, 0.25) is 0 Å². The molecular weight excluding hydrogens is 268 g/mol.